The molecule has 2 unspecified atom stereocenters. The van der Waals surface area contributed by atoms with Crippen LogP contribution < -0.4 is 5.32 Å². The minimum absolute atomic E-state index is 0. The van der Waals surface area contributed by atoms with E-state index >= 15 is 0 Å². The topological polar surface area (TPSA) is 43.3 Å². The Kier molecular flexibility index (Phi) is 12.1. The zero-order valence-electron chi connectivity index (χ0n) is 19.6. The van der Waals surface area contributed by atoms with Gasteiger partial charge in [0.25, 0.3) is 0 Å². The van der Waals surface area contributed by atoms with Crippen molar-refractivity contribution in [2.24, 2.45) is 4.99 Å². The number of nitrogens with one attached hydrogen (secondary N) is 1. The number of hydrogen-bond acceptors (Lipinski definition) is 4. The van der Waals surface area contributed by atoms with Crippen LogP contribution in [0.5, 0.6) is 0 Å². The largest absolute Gasteiger partial charge is 0.373 e. The van der Waals surface area contributed by atoms with Crippen LogP contribution in [0.3, 0.4) is 0 Å². The molecule has 0 aliphatic carbocycles. The van der Waals surface area contributed by atoms with Crippen LogP contribution in [-0.2, 0) is 11.3 Å². The summed E-state index contributed by atoms with van der Waals surface area (Å²) in [4.78, 5) is 11.8. The van der Waals surface area contributed by atoms with Gasteiger partial charge in [-0.1, -0.05) is 49.6 Å². The first-order chi connectivity index (χ1) is 14.7. The standard InChI is InChI=1S/C24H41N5O.HI/c1-25-24(26-14-10-5-4-6-11-15-27(2)3)29-19-22-23(20-29)30-17-16-28(22)18-21-12-8-7-9-13-21;/h7-9,12-13,22-23H,4-6,10-11,14-20H2,1-3H3,(H,25,26);1H. The molecule has 0 bridgehead atoms. The molecular weight excluding hydrogens is 501 g/mol. The molecule has 2 aliphatic heterocycles. The number of ether oxygens (including phenoxy) is 1. The van der Waals surface area contributed by atoms with Crippen LogP contribution in [0.25, 0.3) is 0 Å². The molecular formula is C24H42IN5O. The average Bonchev–Trinajstić information content (AvgIpc) is 3.18. The van der Waals surface area contributed by atoms with Gasteiger partial charge in [0.15, 0.2) is 5.96 Å². The fourth-order valence-electron chi connectivity index (χ4n) is 4.56. The third kappa shape index (κ3) is 8.51. The van der Waals surface area contributed by atoms with Crippen molar-refractivity contribution in [2.45, 2.75) is 50.8 Å². The number of nitrogens with zero attached hydrogens (tertiary/aromatic N) is 4. The Labute approximate surface area is 206 Å². The van der Waals surface area contributed by atoms with E-state index in [2.05, 4.69) is 69.4 Å². The highest BCUT2D eigenvalue weighted by molar-refractivity contribution is 14.0. The Morgan fingerprint density at radius 2 is 1.84 bits per heavy atom. The van der Waals surface area contributed by atoms with Crippen LogP contribution in [0.1, 0.15) is 37.7 Å². The second-order valence-electron chi connectivity index (χ2n) is 8.88. The normalized spacial score (nSPS) is 21.8. The zero-order chi connectivity index (χ0) is 21.2. The van der Waals surface area contributed by atoms with Crippen LogP contribution in [0, 0.1) is 0 Å². The summed E-state index contributed by atoms with van der Waals surface area (Å²) in [6.07, 6.45) is 6.73. The van der Waals surface area contributed by atoms with E-state index in [0.717, 1.165) is 45.3 Å². The van der Waals surface area contributed by atoms with Crippen LogP contribution in [0.2, 0.25) is 0 Å². The number of aliphatic imine (C=N–C) groups is 1. The molecule has 1 aromatic rings. The molecule has 3 rings (SSSR count). The van der Waals surface area contributed by atoms with Gasteiger partial charge in [-0.15, -0.1) is 24.0 Å². The summed E-state index contributed by atoms with van der Waals surface area (Å²) < 4.78 is 6.12. The molecule has 6 nitrogen and oxygen atoms in total. The summed E-state index contributed by atoms with van der Waals surface area (Å²) in [6, 6.07) is 11.2. The quantitative estimate of drug-likeness (QED) is 0.213. The minimum Gasteiger partial charge on any atom is -0.373 e. The average molecular weight is 544 g/mol. The molecule has 7 heteroatoms. The van der Waals surface area contributed by atoms with Gasteiger partial charge in [-0.3, -0.25) is 9.89 Å². The van der Waals surface area contributed by atoms with Gasteiger partial charge in [0.05, 0.1) is 18.8 Å². The molecule has 2 heterocycles. The molecule has 0 radical (unpaired) electrons. The Morgan fingerprint density at radius 3 is 2.58 bits per heavy atom. The first-order valence-electron chi connectivity index (χ1n) is 11.7. The maximum atomic E-state index is 6.12. The molecule has 2 fully saturated rings. The second kappa shape index (κ2) is 14.3. The molecule has 2 atom stereocenters. The lowest BCUT2D eigenvalue weighted by Crippen LogP contribution is -2.50. The highest BCUT2D eigenvalue weighted by atomic mass is 127. The monoisotopic (exact) mass is 543 g/mol. The predicted octanol–water partition coefficient (Wildman–Crippen LogP) is 3.28. The van der Waals surface area contributed by atoms with Crippen LogP contribution in [0.4, 0.5) is 0 Å². The van der Waals surface area contributed by atoms with Crippen molar-refractivity contribution in [3.05, 3.63) is 35.9 Å². The number of rotatable bonds is 10. The van der Waals surface area contributed by atoms with Gasteiger partial charge in [-0.2, -0.15) is 0 Å². The van der Waals surface area contributed by atoms with Crippen molar-refractivity contribution >= 4 is 29.9 Å². The summed E-state index contributed by atoms with van der Waals surface area (Å²) >= 11 is 0. The van der Waals surface area contributed by atoms with Gasteiger partial charge < -0.3 is 19.9 Å². The number of hydrogen-bond donors (Lipinski definition) is 1. The smallest absolute Gasteiger partial charge is 0.193 e. The number of guanidine groups is 1. The van der Waals surface area contributed by atoms with E-state index < -0.39 is 0 Å². The van der Waals surface area contributed by atoms with Gasteiger partial charge in [-0.05, 0) is 39.0 Å². The first-order valence-corrected chi connectivity index (χ1v) is 11.7. The molecule has 31 heavy (non-hydrogen) atoms. The number of likely N-dealkylation sites (tertiary alicyclic amines) is 1. The fraction of sp³-hybridized carbons (Fsp3) is 0.708. The van der Waals surface area contributed by atoms with E-state index in [0.29, 0.717) is 6.04 Å². The molecule has 1 N–H and O–H groups in total. The lowest BCUT2D eigenvalue weighted by molar-refractivity contribution is -0.0502. The number of fused-ring (bicyclic) bond motifs is 1. The lowest BCUT2D eigenvalue weighted by atomic mass is 10.1. The number of morpholine rings is 1. The Balaban J connectivity index is 0.00000341. The highest BCUT2D eigenvalue weighted by Crippen LogP contribution is 2.24. The van der Waals surface area contributed by atoms with Gasteiger partial charge in [0.2, 0.25) is 0 Å². The summed E-state index contributed by atoms with van der Waals surface area (Å²) in [7, 11) is 6.19. The molecule has 0 aromatic heterocycles. The van der Waals surface area contributed by atoms with Crippen molar-refractivity contribution in [1.29, 1.82) is 0 Å². The fourth-order valence-corrected chi connectivity index (χ4v) is 4.56. The van der Waals surface area contributed by atoms with E-state index in [1.807, 2.05) is 7.05 Å². The van der Waals surface area contributed by atoms with Gasteiger partial charge in [0.1, 0.15) is 0 Å². The summed E-state index contributed by atoms with van der Waals surface area (Å²) in [5, 5.41) is 3.59. The summed E-state index contributed by atoms with van der Waals surface area (Å²) in [5.41, 5.74) is 1.38. The van der Waals surface area contributed by atoms with Gasteiger partial charge >= 0.3 is 0 Å². The van der Waals surface area contributed by atoms with E-state index in [1.54, 1.807) is 0 Å². The predicted molar refractivity (Wildman–Crippen MR) is 140 cm³/mol. The van der Waals surface area contributed by atoms with Crippen molar-refractivity contribution in [3.63, 3.8) is 0 Å². The number of halogens is 1. The number of unbranched alkanes of at least 4 members (excludes halogenated alkanes) is 4. The second-order valence-corrected chi connectivity index (χ2v) is 8.88. The molecule has 1 aromatic carbocycles. The Morgan fingerprint density at radius 1 is 1.10 bits per heavy atom. The third-order valence-electron chi connectivity index (χ3n) is 6.22. The maximum Gasteiger partial charge on any atom is 0.193 e. The Bertz CT molecular complexity index is 642. The molecule has 176 valence electrons. The summed E-state index contributed by atoms with van der Waals surface area (Å²) in [6.45, 7) is 6.94. The maximum absolute atomic E-state index is 6.12. The van der Waals surface area contributed by atoms with E-state index in [-0.39, 0.29) is 30.1 Å². The van der Waals surface area contributed by atoms with Crippen molar-refractivity contribution < 1.29 is 4.74 Å². The van der Waals surface area contributed by atoms with Gasteiger partial charge in [-0.25, -0.2) is 0 Å². The molecule has 2 saturated heterocycles. The van der Waals surface area contributed by atoms with E-state index in [4.69, 9.17) is 4.74 Å². The first kappa shape index (κ1) is 26.4. The third-order valence-corrected chi connectivity index (χ3v) is 6.22. The van der Waals surface area contributed by atoms with Crippen molar-refractivity contribution in [2.75, 3.05) is 60.5 Å². The minimum atomic E-state index is 0. The molecule has 0 saturated carbocycles. The molecule has 0 spiro atoms. The van der Waals surface area contributed by atoms with Crippen LogP contribution in [-0.4, -0.2) is 93.3 Å². The van der Waals surface area contributed by atoms with E-state index in [1.165, 1.54) is 44.2 Å². The van der Waals surface area contributed by atoms with Crippen LogP contribution in [0.15, 0.2) is 35.3 Å². The molecule has 0 amide bonds. The van der Waals surface area contributed by atoms with E-state index in [9.17, 15) is 0 Å². The lowest BCUT2D eigenvalue weighted by Gasteiger charge is -2.36. The molecule has 2 aliphatic rings. The number of benzene rings is 1. The Hall–Kier alpha value is -0.900. The highest BCUT2D eigenvalue weighted by Gasteiger charge is 2.41. The zero-order valence-corrected chi connectivity index (χ0v) is 22.0. The van der Waals surface area contributed by atoms with Gasteiger partial charge in [0, 0.05) is 39.8 Å². The van der Waals surface area contributed by atoms with Crippen LogP contribution >= 0.6 is 24.0 Å². The van der Waals surface area contributed by atoms with Crippen molar-refractivity contribution in [1.82, 2.24) is 20.0 Å². The summed E-state index contributed by atoms with van der Waals surface area (Å²) in [5.74, 6) is 1.03. The SMILES string of the molecule is CN=C(NCCCCCCCN(C)C)N1CC2OCCN(Cc3ccccc3)C2C1.I. The van der Waals surface area contributed by atoms with Crippen molar-refractivity contribution in [3.8, 4) is 0 Å².